The third-order valence-corrected chi connectivity index (χ3v) is 11.4. The summed E-state index contributed by atoms with van der Waals surface area (Å²) in [6, 6.07) is 44.4. The predicted molar refractivity (Wildman–Crippen MR) is 281 cm³/mol. The number of benzene rings is 6. The first-order valence-corrected chi connectivity index (χ1v) is 26.6. The van der Waals surface area contributed by atoms with Crippen molar-refractivity contribution in [2.45, 2.75) is 90.9 Å². The zero-order valence-electron chi connectivity index (χ0n) is 40.7. The number of nitrogens with zero attached hydrogens (tertiary/aromatic N) is 2. The Kier molecular flexibility index (Phi) is 19.9. The fourth-order valence-electron chi connectivity index (χ4n) is 7.32. The molecule has 350 valence electrons. The van der Waals surface area contributed by atoms with Gasteiger partial charge in [0, 0.05) is 57.6 Å². The van der Waals surface area contributed by atoms with E-state index in [0.29, 0.717) is 24.3 Å². The van der Waals surface area contributed by atoms with Gasteiger partial charge in [-0.15, -0.1) is 0 Å². The number of aliphatic imine (C=N–C) groups is 2. The van der Waals surface area contributed by atoms with Gasteiger partial charge in [-0.1, -0.05) is 179 Å². The molecule has 0 aliphatic carbocycles. The molecule has 0 radical (unpaired) electrons. The van der Waals surface area contributed by atoms with Gasteiger partial charge in [-0.05, 0) is 69.5 Å². The van der Waals surface area contributed by atoms with Gasteiger partial charge in [0.25, 0.3) is 0 Å². The predicted octanol–water partition coefficient (Wildman–Crippen LogP) is 16.0. The van der Waals surface area contributed by atoms with E-state index in [-0.39, 0.29) is 33.2 Å². The molecule has 0 heterocycles. The van der Waals surface area contributed by atoms with Gasteiger partial charge in [0.15, 0.2) is 0 Å². The number of hydrogen-bond acceptors (Lipinski definition) is 6. The van der Waals surface area contributed by atoms with Crippen molar-refractivity contribution in [1.82, 2.24) is 0 Å². The van der Waals surface area contributed by atoms with Crippen LogP contribution in [0, 0.1) is 0 Å². The number of aromatic hydroxyl groups is 2. The van der Waals surface area contributed by atoms with Gasteiger partial charge in [-0.25, -0.2) is 0 Å². The van der Waals surface area contributed by atoms with E-state index < -0.39 is 17.0 Å². The van der Waals surface area contributed by atoms with Crippen LogP contribution in [0.4, 0.5) is 11.4 Å². The van der Waals surface area contributed by atoms with Crippen LogP contribution in [-0.4, -0.2) is 35.9 Å². The topological polar surface area (TPSA) is 83.6 Å². The molecule has 0 unspecified atom stereocenters. The molecule has 6 aromatic carbocycles. The molecular weight excluding hydrogens is 907 g/mol. The van der Waals surface area contributed by atoms with Crippen LogP contribution in [0.1, 0.15) is 114 Å². The minimum absolute atomic E-state index is 0.214. The van der Waals surface area contributed by atoms with E-state index in [4.69, 9.17) is 28.1 Å². The number of phenolic OH excluding ortho intramolecular Hbond substituents is 2. The summed E-state index contributed by atoms with van der Waals surface area (Å²) >= 11 is -0.556. The van der Waals surface area contributed by atoms with Crippen molar-refractivity contribution in [3.8, 4) is 23.0 Å². The van der Waals surface area contributed by atoms with Crippen LogP contribution in [-0.2, 0) is 38.7 Å². The van der Waals surface area contributed by atoms with Crippen LogP contribution in [0.25, 0.3) is 0 Å². The molecule has 6 rings (SSSR count). The molecule has 0 aliphatic rings. The Hall–Kier alpha value is -5.37. The molecule has 0 saturated carbocycles. The monoisotopic (exact) mass is 972 g/mol. The molecule has 6 nitrogen and oxygen atoms in total. The van der Waals surface area contributed by atoms with E-state index in [1.807, 2.05) is 72.8 Å². The van der Waals surface area contributed by atoms with Gasteiger partial charge >= 0.3 is 35.6 Å². The van der Waals surface area contributed by atoms with E-state index >= 15 is 0 Å². The first-order valence-electron chi connectivity index (χ1n) is 22.3. The van der Waals surface area contributed by atoms with Gasteiger partial charge in [0.05, 0.1) is 11.4 Å². The van der Waals surface area contributed by atoms with Crippen molar-refractivity contribution >= 4 is 42.4 Å². The normalized spacial score (nSPS) is 11.8. The Morgan fingerprint density at radius 3 is 1.15 bits per heavy atom. The van der Waals surface area contributed by atoms with Crippen LogP contribution in [0.15, 0.2) is 169 Å². The SMILES string of the molecule is C=CCOc1cccc(N=Cc2cc(C(C)(C)c3ccccc3)cc(C(C)(C)C)c2O)c1.C=CCOc1cccc(N=Cc2cc(C(C)(C)c3ccccc3)cc(C(C)(C)C)c2O)c1.[Cl][Ti][Cl]. The average molecular weight is 974 g/mol. The average Bonchev–Trinajstić information content (AvgIpc) is 3.30. The number of ether oxygens (including phenoxy) is 2. The quantitative estimate of drug-likeness (QED) is 0.0647. The van der Waals surface area contributed by atoms with Gasteiger partial charge in [-0.2, -0.15) is 0 Å². The van der Waals surface area contributed by atoms with Crippen LogP contribution in [0.3, 0.4) is 0 Å². The summed E-state index contributed by atoms with van der Waals surface area (Å²) in [4.78, 5) is 9.27. The van der Waals surface area contributed by atoms with Crippen LogP contribution in [0.5, 0.6) is 23.0 Å². The maximum absolute atomic E-state index is 11.1. The van der Waals surface area contributed by atoms with Crippen LogP contribution < -0.4 is 9.47 Å². The van der Waals surface area contributed by atoms with Crippen LogP contribution >= 0.6 is 18.6 Å². The first kappa shape index (κ1) is 54.2. The molecule has 0 bridgehead atoms. The molecule has 6 aromatic rings. The Morgan fingerprint density at radius 2 is 0.836 bits per heavy atom. The fourth-order valence-corrected chi connectivity index (χ4v) is 7.32. The zero-order chi connectivity index (χ0) is 49.4. The number of rotatable bonds is 14. The van der Waals surface area contributed by atoms with Gasteiger partial charge < -0.3 is 19.7 Å². The molecule has 67 heavy (non-hydrogen) atoms. The van der Waals surface area contributed by atoms with Crippen molar-refractivity contribution in [2.24, 2.45) is 9.98 Å². The molecule has 0 atom stereocenters. The molecule has 0 amide bonds. The number of phenols is 2. The molecule has 2 N–H and O–H groups in total. The van der Waals surface area contributed by atoms with Crippen molar-refractivity contribution in [1.29, 1.82) is 0 Å². The van der Waals surface area contributed by atoms with Gasteiger partial charge in [-0.3, -0.25) is 9.98 Å². The van der Waals surface area contributed by atoms with Crippen molar-refractivity contribution in [3.63, 3.8) is 0 Å². The number of halogens is 2. The van der Waals surface area contributed by atoms with Crippen molar-refractivity contribution in [2.75, 3.05) is 13.2 Å². The van der Waals surface area contributed by atoms with Crippen molar-refractivity contribution in [3.05, 3.63) is 203 Å². The fraction of sp³-hybridized carbons (Fsp3) is 0.276. The first-order chi connectivity index (χ1) is 31.7. The zero-order valence-corrected chi connectivity index (χ0v) is 43.8. The summed E-state index contributed by atoms with van der Waals surface area (Å²) in [5.74, 6) is 2.01. The van der Waals surface area contributed by atoms with Gasteiger partial charge in [0.2, 0.25) is 0 Å². The van der Waals surface area contributed by atoms with Crippen LogP contribution in [0.2, 0.25) is 0 Å². The summed E-state index contributed by atoms with van der Waals surface area (Å²) < 4.78 is 11.2. The summed E-state index contributed by atoms with van der Waals surface area (Å²) in [6.07, 6.45) is 6.90. The second-order valence-corrected chi connectivity index (χ2v) is 21.8. The molecule has 0 aromatic heterocycles. The van der Waals surface area contributed by atoms with E-state index in [0.717, 1.165) is 45.1 Å². The van der Waals surface area contributed by atoms with E-state index in [9.17, 15) is 10.2 Å². The second-order valence-electron chi connectivity index (χ2n) is 19.2. The Balaban J connectivity index is 0.000000276. The van der Waals surface area contributed by atoms with E-state index in [1.54, 1.807) is 24.6 Å². The second kappa shape index (κ2) is 24.6. The minimum atomic E-state index is -0.556. The standard InChI is InChI=1S/2C29H33NO2.2ClH.Ti/c2*1-7-16-32-25-15-11-14-24(19-25)30-20-21-17-23(18-26(27(21)31)28(2,3)4)29(5,6)22-12-9-8-10-13-22;;;/h2*7-15,17-20,31H,1,16H2,2-6H3;2*1H;/q;;;;+2/p-2. The number of hydrogen-bond donors (Lipinski definition) is 2. The summed E-state index contributed by atoms with van der Waals surface area (Å²) in [5, 5.41) is 22.2. The molecule has 0 fully saturated rings. The van der Waals surface area contributed by atoms with Gasteiger partial charge in [0.1, 0.15) is 36.2 Å². The molecule has 0 saturated heterocycles. The molecular formula is C58H66Cl2N2O4Ti. The summed E-state index contributed by atoms with van der Waals surface area (Å²) in [6.45, 7) is 29.8. The Bertz CT molecular complexity index is 2430. The molecule has 0 aliphatic heterocycles. The summed E-state index contributed by atoms with van der Waals surface area (Å²) in [5.41, 5.74) is 8.57. The summed E-state index contributed by atoms with van der Waals surface area (Å²) in [7, 11) is 9.78. The van der Waals surface area contributed by atoms with E-state index in [1.165, 1.54) is 11.1 Å². The van der Waals surface area contributed by atoms with Crippen molar-refractivity contribution < 1.29 is 36.7 Å². The third-order valence-electron chi connectivity index (χ3n) is 11.4. The maximum atomic E-state index is 11.1. The van der Waals surface area contributed by atoms with E-state index in [2.05, 4.69) is 153 Å². The Morgan fingerprint density at radius 1 is 0.493 bits per heavy atom. The third kappa shape index (κ3) is 15.3. The molecule has 9 heteroatoms. The molecule has 0 spiro atoms. The Labute approximate surface area is 416 Å².